The minimum absolute atomic E-state index is 0.00263. The van der Waals surface area contributed by atoms with Crippen LogP contribution in [0.2, 0.25) is 0 Å². The Hall–Kier alpha value is -2.90. The Bertz CT molecular complexity index is 1180. The average molecular weight is 422 g/mol. The lowest BCUT2D eigenvalue weighted by Crippen LogP contribution is -3.12. The lowest BCUT2D eigenvalue weighted by atomic mass is 9.95. The van der Waals surface area contributed by atoms with Gasteiger partial charge in [-0.05, 0) is 43.7 Å². The number of hydrogen-bond donors (Lipinski definition) is 2. The number of hydrogen-bond acceptors (Lipinski definition) is 5. The van der Waals surface area contributed by atoms with Crippen LogP contribution in [0.15, 0.2) is 48.5 Å². The van der Waals surface area contributed by atoms with Crippen molar-refractivity contribution in [2.24, 2.45) is 0 Å². The van der Waals surface area contributed by atoms with Gasteiger partial charge in [-0.25, -0.2) is 4.98 Å². The van der Waals surface area contributed by atoms with E-state index in [0.29, 0.717) is 12.4 Å². The van der Waals surface area contributed by atoms with Crippen LogP contribution in [0.25, 0.3) is 4.96 Å². The van der Waals surface area contributed by atoms with Gasteiger partial charge in [0.1, 0.15) is 23.0 Å². The maximum atomic E-state index is 11.0. The summed E-state index contributed by atoms with van der Waals surface area (Å²) in [4.78, 5) is 7.52. The molecule has 5 rings (SSSR count). The predicted molar refractivity (Wildman–Crippen MR) is 116 cm³/mol. The Balaban J connectivity index is 1.58. The van der Waals surface area contributed by atoms with Crippen LogP contribution in [0.5, 0.6) is 11.6 Å². The van der Waals surface area contributed by atoms with Crippen LogP contribution >= 0.6 is 11.3 Å². The standard InChI is InChI=1S/C23H24N4O2S/c1-3-29-19-10-8-17(9-11-19)20(21-22(28)27-23(30-21)24-15(2)25-27)26-13-12-16-6-4-5-7-18(16)14-26/h4-11,20,28H,3,12-14H2,1-2H3/p+1/t20-/m0/s1. The zero-order valence-corrected chi connectivity index (χ0v) is 17.9. The number of ether oxygens (including phenoxy) is 1. The first-order valence-electron chi connectivity index (χ1n) is 10.3. The van der Waals surface area contributed by atoms with Crippen molar-refractivity contribution >= 4 is 16.3 Å². The van der Waals surface area contributed by atoms with E-state index < -0.39 is 0 Å². The molecular formula is C23H25N4O2S+. The van der Waals surface area contributed by atoms with Crippen molar-refractivity contribution in [3.05, 3.63) is 75.9 Å². The molecule has 2 atom stereocenters. The van der Waals surface area contributed by atoms with Crippen molar-refractivity contribution in [3.8, 4) is 11.6 Å². The number of thiazole rings is 1. The molecule has 154 valence electrons. The van der Waals surface area contributed by atoms with Gasteiger partial charge in [-0.15, -0.1) is 5.10 Å². The predicted octanol–water partition coefficient (Wildman–Crippen LogP) is 2.93. The van der Waals surface area contributed by atoms with Crippen molar-refractivity contribution in [1.82, 2.24) is 14.6 Å². The van der Waals surface area contributed by atoms with Crippen molar-refractivity contribution in [3.63, 3.8) is 0 Å². The molecule has 2 aromatic heterocycles. The Kier molecular flexibility index (Phi) is 4.92. The smallest absolute Gasteiger partial charge is 0.235 e. The maximum absolute atomic E-state index is 11.0. The van der Waals surface area contributed by atoms with Crippen LogP contribution in [-0.4, -0.2) is 32.9 Å². The Morgan fingerprint density at radius 1 is 1.17 bits per heavy atom. The van der Waals surface area contributed by atoms with Gasteiger partial charge in [-0.3, -0.25) is 0 Å². The second-order valence-electron chi connectivity index (χ2n) is 7.68. The van der Waals surface area contributed by atoms with Gasteiger partial charge in [0.2, 0.25) is 10.8 Å². The average Bonchev–Trinajstić information content (AvgIpc) is 3.27. The van der Waals surface area contributed by atoms with Gasteiger partial charge in [-0.2, -0.15) is 4.52 Å². The number of nitrogens with one attached hydrogen (secondary N) is 1. The molecule has 0 bridgehead atoms. The molecule has 7 heteroatoms. The highest BCUT2D eigenvalue weighted by Gasteiger charge is 2.34. The molecule has 0 saturated heterocycles. The summed E-state index contributed by atoms with van der Waals surface area (Å²) in [6, 6.07) is 16.9. The third-order valence-corrected chi connectivity index (χ3v) is 6.84. The number of rotatable bonds is 5. The summed E-state index contributed by atoms with van der Waals surface area (Å²) in [6.45, 7) is 6.39. The largest absolute Gasteiger partial charge is 0.494 e. The van der Waals surface area contributed by atoms with E-state index in [0.717, 1.165) is 40.7 Å². The van der Waals surface area contributed by atoms with Gasteiger partial charge in [0.05, 0.1) is 13.2 Å². The van der Waals surface area contributed by atoms with Crippen LogP contribution in [0.1, 0.15) is 40.4 Å². The molecular weight excluding hydrogens is 396 g/mol. The Morgan fingerprint density at radius 2 is 1.93 bits per heavy atom. The lowest BCUT2D eigenvalue weighted by Gasteiger charge is -2.32. The van der Waals surface area contributed by atoms with Gasteiger partial charge in [0.25, 0.3) is 0 Å². The maximum Gasteiger partial charge on any atom is 0.235 e. The summed E-state index contributed by atoms with van der Waals surface area (Å²) in [5.41, 5.74) is 3.96. The van der Waals surface area contributed by atoms with Crippen molar-refractivity contribution in [2.45, 2.75) is 32.9 Å². The highest BCUT2D eigenvalue weighted by molar-refractivity contribution is 7.17. The fourth-order valence-corrected chi connectivity index (χ4v) is 5.57. The number of aryl methyl sites for hydroxylation is 1. The molecule has 0 radical (unpaired) electrons. The van der Waals surface area contributed by atoms with Gasteiger partial charge in [0.15, 0.2) is 6.04 Å². The molecule has 0 aliphatic carbocycles. The molecule has 1 unspecified atom stereocenters. The lowest BCUT2D eigenvalue weighted by molar-refractivity contribution is -0.940. The molecule has 6 nitrogen and oxygen atoms in total. The molecule has 0 saturated carbocycles. The quantitative estimate of drug-likeness (QED) is 0.520. The summed E-state index contributed by atoms with van der Waals surface area (Å²) in [5.74, 6) is 1.72. The van der Waals surface area contributed by atoms with E-state index in [4.69, 9.17) is 4.74 Å². The SMILES string of the molecule is CCOc1ccc([C@@H](c2sc3nc(C)nn3c2O)[NH+]2CCc3ccccc3C2)cc1. The van der Waals surface area contributed by atoms with Crippen molar-refractivity contribution in [1.29, 1.82) is 0 Å². The Labute approximate surface area is 179 Å². The second kappa shape index (κ2) is 7.74. The summed E-state index contributed by atoms with van der Waals surface area (Å²) in [7, 11) is 0. The molecule has 0 fully saturated rings. The first kappa shape index (κ1) is 19.1. The monoisotopic (exact) mass is 421 g/mol. The normalized spacial score (nSPS) is 17.1. The third-order valence-electron chi connectivity index (χ3n) is 5.75. The van der Waals surface area contributed by atoms with Crippen molar-refractivity contribution < 1.29 is 14.7 Å². The first-order chi connectivity index (χ1) is 14.6. The summed E-state index contributed by atoms with van der Waals surface area (Å²) < 4.78 is 7.20. The highest BCUT2D eigenvalue weighted by Crippen LogP contribution is 2.36. The van der Waals surface area contributed by atoms with Gasteiger partial charge >= 0.3 is 0 Å². The van der Waals surface area contributed by atoms with E-state index in [-0.39, 0.29) is 11.9 Å². The number of fused-ring (bicyclic) bond motifs is 2. The van der Waals surface area contributed by atoms with Gasteiger partial charge in [0, 0.05) is 17.5 Å². The highest BCUT2D eigenvalue weighted by atomic mass is 32.1. The molecule has 0 amide bonds. The van der Waals surface area contributed by atoms with Crippen LogP contribution in [-0.2, 0) is 13.0 Å². The van der Waals surface area contributed by atoms with Crippen LogP contribution in [0, 0.1) is 6.92 Å². The summed E-state index contributed by atoms with van der Waals surface area (Å²) in [5, 5.41) is 15.4. The number of quaternary nitrogens is 1. The molecule has 2 aromatic carbocycles. The van der Waals surface area contributed by atoms with Crippen LogP contribution < -0.4 is 9.64 Å². The summed E-state index contributed by atoms with van der Waals surface area (Å²) >= 11 is 1.52. The first-order valence-corrected chi connectivity index (χ1v) is 11.1. The van der Waals surface area contributed by atoms with E-state index in [1.165, 1.54) is 27.4 Å². The van der Waals surface area contributed by atoms with Gasteiger partial charge in [-0.1, -0.05) is 35.6 Å². The van der Waals surface area contributed by atoms with E-state index >= 15 is 0 Å². The summed E-state index contributed by atoms with van der Waals surface area (Å²) in [6.07, 6.45) is 1.03. The fraction of sp³-hybridized carbons (Fsp3) is 0.304. The Morgan fingerprint density at radius 3 is 2.67 bits per heavy atom. The topological polar surface area (TPSA) is 64.1 Å². The van der Waals surface area contributed by atoms with Gasteiger partial charge < -0.3 is 14.7 Å². The number of aromatic hydroxyl groups is 1. The second-order valence-corrected chi connectivity index (χ2v) is 8.69. The van der Waals surface area contributed by atoms with E-state index in [2.05, 4.69) is 46.5 Å². The molecule has 1 aliphatic heterocycles. The molecule has 0 spiro atoms. The van der Waals surface area contributed by atoms with E-state index in [1.807, 2.05) is 26.0 Å². The molecule has 30 heavy (non-hydrogen) atoms. The van der Waals surface area contributed by atoms with Crippen LogP contribution in [0.4, 0.5) is 0 Å². The number of benzene rings is 2. The molecule has 3 heterocycles. The zero-order valence-electron chi connectivity index (χ0n) is 17.1. The molecule has 4 aromatic rings. The van der Waals surface area contributed by atoms with Crippen LogP contribution in [0.3, 0.4) is 0 Å². The third kappa shape index (κ3) is 3.34. The number of aromatic nitrogens is 3. The fourth-order valence-electron chi connectivity index (χ4n) is 4.38. The van der Waals surface area contributed by atoms with E-state index in [9.17, 15) is 5.11 Å². The molecule has 1 aliphatic rings. The molecule has 2 N–H and O–H groups in total. The minimum Gasteiger partial charge on any atom is -0.494 e. The zero-order chi connectivity index (χ0) is 20.7. The van der Waals surface area contributed by atoms with E-state index in [1.54, 1.807) is 4.52 Å². The minimum atomic E-state index is 0.00263. The van der Waals surface area contributed by atoms with Crippen molar-refractivity contribution in [2.75, 3.05) is 13.2 Å². The number of nitrogens with zero attached hydrogens (tertiary/aromatic N) is 3.